The molecule has 0 saturated carbocycles. The largest absolute Gasteiger partial charge is 0.453 e. The second-order valence-corrected chi connectivity index (χ2v) is 7.58. The van der Waals surface area contributed by atoms with Crippen LogP contribution in [0.25, 0.3) is 0 Å². The number of thiazole rings is 1. The van der Waals surface area contributed by atoms with Crippen molar-refractivity contribution in [3.05, 3.63) is 40.9 Å². The predicted molar refractivity (Wildman–Crippen MR) is 97.7 cm³/mol. The van der Waals surface area contributed by atoms with Gasteiger partial charge in [-0.25, -0.2) is 4.98 Å². The van der Waals surface area contributed by atoms with Crippen LogP contribution in [-0.2, 0) is 15.1 Å². The first-order chi connectivity index (χ1) is 11.5. The van der Waals surface area contributed by atoms with E-state index in [1.165, 1.54) is 5.56 Å². The molecule has 5 heteroatoms. The smallest absolute Gasteiger partial charge is 0.310 e. The molecule has 0 amide bonds. The minimum Gasteiger partial charge on any atom is -0.453 e. The molecular formula is C19H24N2O2S. The molecule has 1 aromatic carbocycles. The third-order valence-corrected chi connectivity index (χ3v) is 5.31. The first kappa shape index (κ1) is 17.0. The number of rotatable bonds is 6. The average molecular weight is 344 g/mol. The van der Waals surface area contributed by atoms with Crippen molar-refractivity contribution in [2.45, 2.75) is 52.1 Å². The van der Waals surface area contributed by atoms with Crippen molar-refractivity contribution in [2.75, 3.05) is 5.32 Å². The SMILES string of the molecule is CCCC[C@@H]1C[C@](C)(c2csc(Nc3ccc(C)cc3)n2)OC1=O. The number of anilines is 2. The molecule has 1 aliphatic heterocycles. The minimum atomic E-state index is -0.598. The van der Waals surface area contributed by atoms with E-state index in [0.717, 1.165) is 42.2 Å². The number of carbonyl (C=O) groups is 1. The van der Waals surface area contributed by atoms with Crippen molar-refractivity contribution in [3.63, 3.8) is 0 Å². The Kier molecular flexibility index (Phi) is 4.90. The number of aryl methyl sites for hydroxylation is 1. The van der Waals surface area contributed by atoms with Crippen molar-refractivity contribution in [1.29, 1.82) is 0 Å². The standard InChI is InChI=1S/C19H24N2O2S/c1-4-5-6-14-11-19(3,23-17(14)22)16-12-24-18(21-16)20-15-9-7-13(2)8-10-15/h7-10,12,14H,4-6,11H2,1-3H3,(H,20,21)/t14-,19-/m1/s1. The van der Waals surface area contributed by atoms with Gasteiger partial charge in [-0.3, -0.25) is 4.79 Å². The molecule has 2 heterocycles. The number of ether oxygens (including phenoxy) is 1. The van der Waals surface area contributed by atoms with Crippen LogP contribution >= 0.6 is 11.3 Å². The molecule has 0 unspecified atom stereocenters. The van der Waals surface area contributed by atoms with E-state index in [9.17, 15) is 4.79 Å². The zero-order valence-electron chi connectivity index (χ0n) is 14.5. The lowest BCUT2D eigenvalue weighted by Crippen LogP contribution is -2.21. The van der Waals surface area contributed by atoms with Gasteiger partial charge in [-0.2, -0.15) is 0 Å². The first-order valence-corrected chi connectivity index (χ1v) is 9.40. The summed E-state index contributed by atoms with van der Waals surface area (Å²) in [6.45, 7) is 6.18. The maximum absolute atomic E-state index is 12.1. The normalized spacial score (nSPS) is 23.3. The van der Waals surface area contributed by atoms with Crippen LogP contribution in [0.15, 0.2) is 29.6 Å². The average Bonchev–Trinajstić information content (AvgIpc) is 3.13. The quantitative estimate of drug-likeness (QED) is 0.735. The van der Waals surface area contributed by atoms with Gasteiger partial charge in [-0.15, -0.1) is 11.3 Å². The molecule has 0 bridgehead atoms. The van der Waals surface area contributed by atoms with Crippen LogP contribution < -0.4 is 5.32 Å². The first-order valence-electron chi connectivity index (χ1n) is 8.53. The molecule has 1 fully saturated rings. The topological polar surface area (TPSA) is 51.2 Å². The summed E-state index contributed by atoms with van der Waals surface area (Å²) in [6, 6.07) is 8.20. The number of cyclic esters (lactones) is 1. The maximum Gasteiger partial charge on any atom is 0.310 e. The van der Waals surface area contributed by atoms with Crippen molar-refractivity contribution in [1.82, 2.24) is 4.98 Å². The maximum atomic E-state index is 12.1. The molecular weight excluding hydrogens is 320 g/mol. The highest BCUT2D eigenvalue weighted by Crippen LogP contribution is 2.42. The van der Waals surface area contributed by atoms with Gasteiger partial charge in [0, 0.05) is 17.5 Å². The Hall–Kier alpha value is -1.88. The Morgan fingerprint density at radius 3 is 2.83 bits per heavy atom. The zero-order chi connectivity index (χ0) is 17.2. The van der Waals surface area contributed by atoms with Gasteiger partial charge in [0.2, 0.25) is 0 Å². The molecule has 2 atom stereocenters. The van der Waals surface area contributed by atoms with Crippen molar-refractivity contribution in [3.8, 4) is 0 Å². The number of unbranched alkanes of at least 4 members (excludes halogenated alkanes) is 1. The summed E-state index contributed by atoms with van der Waals surface area (Å²) in [5.74, 6) is -0.0721. The van der Waals surface area contributed by atoms with E-state index in [4.69, 9.17) is 4.74 Å². The van der Waals surface area contributed by atoms with Gasteiger partial charge in [0.15, 0.2) is 10.7 Å². The third-order valence-electron chi connectivity index (χ3n) is 4.55. The summed E-state index contributed by atoms with van der Waals surface area (Å²) in [4.78, 5) is 16.8. The molecule has 0 spiro atoms. The van der Waals surface area contributed by atoms with Crippen molar-refractivity contribution >= 4 is 28.1 Å². The van der Waals surface area contributed by atoms with Crippen molar-refractivity contribution in [2.24, 2.45) is 5.92 Å². The highest BCUT2D eigenvalue weighted by atomic mass is 32.1. The number of hydrogen-bond donors (Lipinski definition) is 1. The molecule has 0 radical (unpaired) electrons. The lowest BCUT2D eigenvalue weighted by molar-refractivity contribution is -0.150. The Balaban J connectivity index is 1.70. The van der Waals surface area contributed by atoms with Crippen LogP contribution in [-0.4, -0.2) is 11.0 Å². The molecule has 1 aliphatic rings. The molecule has 1 saturated heterocycles. The Morgan fingerprint density at radius 2 is 2.12 bits per heavy atom. The fourth-order valence-corrected chi connectivity index (χ4v) is 3.92. The van der Waals surface area contributed by atoms with Crippen LogP contribution in [0.5, 0.6) is 0 Å². The number of carbonyl (C=O) groups excluding carboxylic acids is 1. The van der Waals surface area contributed by atoms with E-state index >= 15 is 0 Å². The summed E-state index contributed by atoms with van der Waals surface area (Å²) in [7, 11) is 0. The van der Waals surface area contributed by atoms with Gasteiger partial charge < -0.3 is 10.1 Å². The summed E-state index contributed by atoms with van der Waals surface area (Å²) in [5.41, 5.74) is 2.48. The Labute approximate surface area is 147 Å². The van der Waals surface area contributed by atoms with Crippen molar-refractivity contribution < 1.29 is 9.53 Å². The highest BCUT2D eigenvalue weighted by Gasteiger charge is 2.45. The lowest BCUT2D eigenvalue weighted by atomic mass is 9.90. The second kappa shape index (κ2) is 6.93. The van der Waals surface area contributed by atoms with Gasteiger partial charge >= 0.3 is 5.97 Å². The highest BCUT2D eigenvalue weighted by molar-refractivity contribution is 7.13. The predicted octanol–water partition coefficient (Wildman–Crippen LogP) is 5.16. The number of aromatic nitrogens is 1. The Morgan fingerprint density at radius 1 is 1.38 bits per heavy atom. The summed E-state index contributed by atoms with van der Waals surface area (Å²) < 4.78 is 5.70. The summed E-state index contributed by atoms with van der Waals surface area (Å²) in [6.07, 6.45) is 3.79. The third kappa shape index (κ3) is 3.61. The van der Waals surface area contributed by atoms with Crippen LogP contribution in [0, 0.1) is 12.8 Å². The number of nitrogens with zero attached hydrogens (tertiary/aromatic N) is 1. The number of nitrogens with one attached hydrogen (secondary N) is 1. The van der Waals surface area contributed by atoms with Gasteiger partial charge in [0.25, 0.3) is 0 Å². The fourth-order valence-electron chi connectivity index (χ4n) is 3.06. The van der Waals surface area contributed by atoms with Crippen LogP contribution in [0.1, 0.15) is 50.8 Å². The molecule has 1 aromatic heterocycles. The zero-order valence-corrected chi connectivity index (χ0v) is 15.3. The lowest BCUT2D eigenvalue weighted by Gasteiger charge is -2.19. The fraction of sp³-hybridized carbons (Fsp3) is 0.474. The summed E-state index contributed by atoms with van der Waals surface area (Å²) >= 11 is 1.54. The molecule has 24 heavy (non-hydrogen) atoms. The molecule has 4 nitrogen and oxygen atoms in total. The molecule has 2 aromatic rings. The van der Waals surface area contributed by atoms with Gasteiger partial charge in [-0.1, -0.05) is 37.5 Å². The van der Waals surface area contributed by atoms with Gasteiger partial charge in [-0.05, 0) is 32.4 Å². The second-order valence-electron chi connectivity index (χ2n) is 6.72. The minimum absolute atomic E-state index is 0.00478. The summed E-state index contributed by atoms with van der Waals surface area (Å²) in [5, 5.41) is 6.13. The molecule has 0 aliphatic carbocycles. The number of esters is 1. The van der Waals surface area contributed by atoms with Crippen LogP contribution in [0.3, 0.4) is 0 Å². The van der Waals surface area contributed by atoms with Crippen LogP contribution in [0.2, 0.25) is 0 Å². The number of benzene rings is 1. The van der Waals surface area contributed by atoms with Gasteiger partial charge in [0.05, 0.1) is 11.6 Å². The van der Waals surface area contributed by atoms with Crippen LogP contribution in [0.4, 0.5) is 10.8 Å². The van der Waals surface area contributed by atoms with E-state index < -0.39 is 5.60 Å². The molecule has 1 N–H and O–H groups in total. The van der Waals surface area contributed by atoms with E-state index in [2.05, 4.69) is 36.3 Å². The van der Waals surface area contributed by atoms with E-state index in [1.807, 2.05) is 24.4 Å². The number of hydrogen-bond acceptors (Lipinski definition) is 5. The molecule has 3 rings (SSSR count). The van der Waals surface area contributed by atoms with Gasteiger partial charge in [0.1, 0.15) is 0 Å². The monoisotopic (exact) mass is 344 g/mol. The van der Waals surface area contributed by atoms with E-state index in [-0.39, 0.29) is 11.9 Å². The van der Waals surface area contributed by atoms with E-state index in [0.29, 0.717) is 0 Å². The van der Waals surface area contributed by atoms with E-state index in [1.54, 1.807) is 11.3 Å². The Bertz CT molecular complexity index is 710. The molecule has 128 valence electrons.